The number of rotatable bonds is 7. The summed E-state index contributed by atoms with van der Waals surface area (Å²) in [5.74, 6) is -0.125. The van der Waals surface area contributed by atoms with Crippen LogP contribution in [-0.4, -0.2) is 20.7 Å². The molecule has 3 heterocycles. The molecule has 0 fully saturated rings. The maximum Gasteiger partial charge on any atom is 0.263 e. The van der Waals surface area contributed by atoms with Gasteiger partial charge < -0.3 is 5.32 Å². The van der Waals surface area contributed by atoms with E-state index in [1.54, 1.807) is 22.0 Å². The minimum atomic E-state index is -0.442. The fraction of sp³-hybridized carbons (Fsp3) is 0.240. The number of thiophene rings is 2. The Kier molecular flexibility index (Phi) is 6.88. The lowest BCUT2D eigenvalue weighted by atomic mass is 10.1. The van der Waals surface area contributed by atoms with Crippen molar-refractivity contribution in [2.24, 2.45) is 0 Å². The Hall–Kier alpha value is -2.68. The van der Waals surface area contributed by atoms with E-state index in [4.69, 9.17) is 4.98 Å². The molecule has 4 rings (SSSR count). The Labute approximate surface area is 205 Å². The van der Waals surface area contributed by atoms with E-state index in [0.29, 0.717) is 21.9 Å². The molecule has 170 valence electrons. The van der Waals surface area contributed by atoms with Crippen molar-refractivity contribution in [1.29, 1.82) is 0 Å². The number of benzene rings is 1. The molecule has 0 aliphatic rings. The second-order valence-corrected chi connectivity index (χ2v) is 11.0. The molecule has 5 nitrogen and oxygen atoms in total. The number of hydrogen-bond donors (Lipinski definition) is 1. The highest BCUT2D eigenvalue weighted by molar-refractivity contribution is 8.00. The number of hydrogen-bond acceptors (Lipinski definition) is 6. The molecule has 0 aliphatic heterocycles. The maximum absolute atomic E-state index is 13.5. The number of allylic oxidation sites excluding steroid dienone is 1. The molecule has 0 spiro atoms. The average molecular weight is 496 g/mol. The number of carbonyl (C=O) groups is 1. The number of nitrogens with one attached hydrogen (secondary N) is 1. The maximum atomic E-state index is 13.5. The Morgan fingerprint density at radius 1 is 1.27 bits per heavy atom. The van der Waals surface area contributed by atoms with Crippen molar-refractivity contribution in [3.05, 3.63) is 74.7 Å². The fourth-order valence-corrected chi connectivity index (χ4v) is 6.53. The standard InChI is InChI=1S/C25H25N3O2S3/c1-6-9-28-24(30)20-18(19-8-7-10-31-19)13-32-23(20)27-25(28)33-17(5)22(29)26-21-15(3)11-14(2)12-16(21)4/h6-8,10-13,17H,1,9H2,2-5H3,(H,26,29). The first-order chi connectivity index (χ1) is 15.8. The van der Waals surface area contributed by atoms with E-state index in [1.165, 1.54) is 23.1 Å². The van der Waals surface area contributed by atoms with Gasteiger partial charge in [-0.15, -0.1) is 29.3 Å². The largest absolute Gasteiger partial charge is 0.325 e. The van der Waals surface area contributed by atoms with E-state index in [0.717, 1.165) is 32.8 Å². The van der Waals surface area contributed by atoms with Gasteiger partial charge in [-0.3, -0.25) is 14.2 Å². The number of aromatic nitrogens is 2. The van der Waals surface area contributed by atoms with Crippen LogP contribution in [0.2, 0.25) is 0 Å². The summed E-state index contributed by atoms with van der Waals surface area (Å²) in [5, 5.41) is 7.74. The third kappa shape index (κ3) is 4.69. The fourth-order valence-electron chi connectivity index (χ4n) is 3.81. The van der Waals surface area contributed by atoms with E-state index in [2.05, 4.69) is 24.0 Å². The van der Waals surface area contributed by atoms with Gasteiger partial charge in [0.15, 0.2) is 5.16 Å². The lowest BCUT2D eigenvalue weighted by Crippen LogP contribution is -2.27. The van der Waals surface area contributed by atoms with Crippen molar-refractivity contribution in [2.45, 2.75) is 44.6 Å². The van der Waals surface area contributed by atoms with Crippen molar-refractivity contribution in [1.82, 2.24) is 9.55 Å². The summed E-state index contributed by atoms with van der Waals surface area (Å²) in [6, 6.07) is 8.09. The molecule has 4 aromatic rings. The van der Waals surface area contributed by atoms with Crippen LogP contribution in [0.4, 0.5) is 5.69 Å². The van der Waals surface area contributed by atoms with Crippen LogP contribution < -0.4 is 10.9 Å². The second kappa shape index (κ2) is 9.67. The van der Waals surface area contributed by atoms with Crippen molar-refractivity contribution >= 4 is 56.2 Å². The van der Waals surface area contributed by atoms with Gasteiger partial charge in [0.25, 0.3) is 5.56 Å². The summed E-state index contributed by atoms with van der Waals surface area (Å²) in [6.45, 7) is 12.0. The first-order valence-corrected chi connectivity index (χ1v) is 13.2. The van der Waals surface area contributed by atoms with Crippen LogP contribution in [0.5, 0.6) is 0 Å². The van der Waals surface area contributed by atoms with E-state index in [-0.39, 0.29) is 11.5 Å². The molecule has 1 atom stereocenters. The topological polar surface area (TPSA) is 64.0 Å². The monoisotopic (exact) mass is 495 g/mol. The van der Waals surface area contributed by atoms with Gasteiger partial charge in [-0.1, -0.05) is 41.6 Å². The van der Waals surface area contributed by atoms with Gasteiger partial charge in [0.1, 0.15) is 4.83 Å². The summed E-state index contributed by atoms with van der Waals surface area (Å²) in [7, 11) is 0. The number of fused-ring (bicyclic) bond motifs is 1. The van der Waals surface area contributed by atoms with Gasteiger partial charge in [-0.2, -0.15) is 0 Å². The van der Waals surface area contributed by atoms with Crippen LogP contribution in [0, 0.1) is 20.8 Å². The van der Waals surface area contributed by atoms with Gasteiger partial charge in [0.05, 0.1) is 10.6 Å². The third-order valence-corrected chi connectivity index (χ3v) is 8.20. The van der Waals surface area contributed by atoms with Crippen LogP contribution in [0.15, 0.2) is 57.6 Å². The zero-order valence-corrected chi connectivity index (χ0v) is 21.4. The van der Waals surface area contributed by atoms with Gasteiger partial charge in [-0.25, -0.2) is 4.98 Å². The van der Waals surface area contributed by atoms with E-state index in [1.807, 2.05) is 50.6 Å². The molecule has 33 heavy (non-hydrogen) atoms. The molecule has 3 aromatic heterocycles. The molecule has 0 bridgehead atoms. The number of anilines is 1. The molecule has 0 saturated heterocycles. The summed E-state index contributed by atoms with van der Waals surface area (Å²) >= 11 is 4.34. The summed E-state index contributed by atoms with van der Waals surface area (Å²) < 4.78 is 1.61. The van der Waals surface area contributed by atoms with E-state index in [9.17, 15) is 9.59 Å². The smallest absolute Gasteiger partial charge is 0.263 e. The molecule has 1 amide bonds. The number of nitrogens with zero attached hydrogens (tertiary/aromatic N) is 2. The van der Waals surface area contributed by atoms with Gasteiger partial charge in [0.2, 0.25) is 5.91 Å². The molecular weight excluding hydrogens is 470 g/mol. The molecule has 8 heteroatoms. The normalized spacial score (nSPS) is 12.1. The second-order valence-electron chi connectivity index (χ2n) is 7.93. The number of thioether (sulfide) groups is 1. The Balaban J connectivity index is 1.67. The minimum Gasteiger partial charge on any atom is -0.325 e. The first-order valence-electron chi connectivity index (χ1n) is 10.5. The molecule has 0 saturated carbocycles. The highest BCUT2D eigenvalue weighted by Gasteiger charge is 2.22. The minimum absolute atomic E-state index is 0.107. The SMILES string of the molecule is C=CCn1c(SC(C)C(=O)Nc2c(C)cc(C)cc2C)nc2scc(-c3cccs3)c2c1=O. The summed E-state index contributed by atoms with van der Waals surface area (Å²) in [5.41, 5.74) is 4.86. The van der Waals surface area contributed by atoms with Crippen LogP contribution in [0.1, 0.15) is 23.6 Å². The lowest BCUT2D eigenvalue weighted by molar-refractivity contribution is -0.115. The Morgan fingerprint density at radius 2 is 2.00 bits per heavy atom. The molecule has 1 unspecified atom stereocenters. The van der Waals surface area contributed by atoms with Crippen LogP contribution >= 0.6 is 34.4 Å². The van der Waals surface area contributed by atoms with Crippen LogP contribution in [0.3, 0.4) is 0 Å². The lowest BCUT2D eigenvalue weighted by Gasteiger charge is -2.17. The molecule has 0 radical (unpaired) electrons. The Morgan fingerprint density at radius 3 is 2.64 bits per heavy atom. The van der Waals surface area contributed by atoms with Crippen LogP contribution in [0.25, 0.3) is 20.7 Å². The quantitative estimate of drug-likeness (QED) is 0.183. The van der Waals surface area contributed by atoms with Crippen molar-refractivity contribution in [3.8, 4) is 10.4 Å². The summed E-state index contributed by atoms with van der Waals surface area (Å²) in [6.07, 6.45) is 1.68. The highest BCUT2D eigenvalue weighted by Crippen LogP contribution is 2.35. The number of amides is 1. The summed E-state index contributed by atoms with van der Waals surface area (Å²) in [4.78, 5) is 33.0. The zero-order valence-electron chi connectivity index (χ0n) is 19.0. The van der Waals surface area contributed by atoms with Gasteiger partial charge in [0, 0.05) is 28.1 Å². The van der Waals surface area contributed by atoms with Crippen LogP contribution in [-0.2, 0) is 11.3 Å². The number of aryl methyl sites for hydroxylation is 3. The van der Waals surface area contributed by atoms with Gasteiger partial charge >= 0.3 is 0 Å². The third-order valence-electron chi connectivity index (χ3n) is 5.33. The first kappa shape index (κ1) is 23.5. The Bertz CT molecular complexity index is 1380. The van der Waals surface area contributed by atoms with Gasteiger partial charge in [-0.05, 0) is 50.3 Å². The van der Waals surface area contributed by atoms with Crippen molar-refractivity contribution in [2.75, 3.05) is 5.32 Å². The van der Waals surface area contributed by atoms with E-state index < -0.39 is 5.25 Å². The van der Waals surface area contributed by atoms with E-state index >= 15 is 0 Å². The molecule has 1 N–H and O–H groups in total. The number of carbonyl (C=O) groups excluding carboxylic acids is 1. The molecule has 0 aliphatic carbocycles. The molecule has 1 aromatic carbocycles. The highest BCUT2D eigenvalue weighted by atomic mass is 32.2. The zero-order chi connectivity index (χ0) is 23.7. The molecular formula is C25H25N3O2S3. The van der Waals surface area contributed by atoms with Crippen molar-refractivity contribution in [3.63, 3.8) is 0 Å². The predicted octanol–water partition coefficient (Wildman–Crippen LogP) is 6.42. The van der Waals surface area contributed by atoms with Crippen molar-refractivity contribution < 1.29 is 4.79 Å². The average Bonchev–Trinajstić information content (AvgIpc) is 3.43. The predicted molar refractivity (Wildman–Crippen MR) is 142 cm³/mol.